The summed E-state index contributed by atoms with van der Waals surface area (Å²) in [6.45, 7) is 8.33. The van der Waals surface area contributed by atoms with E-state index in [4.69, 9.17) is 0 Å². The lowest BCUT2D eigenvalue weighted by atomic mass is 9.99. The Balaban J connectivity index is 1.90. The third-order valence-corrected chi connectivity index (χ3v) is 3.87. The largest absolute Gasteiger partial charge is 0.352 e. The summed E-state index contributed by atoms with van der Waals surface area (Å²) in [5.74, 6) is -0.611. The molecule has 0 aliphatic carbocycles. The zero-order chi connectivity index (χ0) is 17.0. The topological polar surface area (TPSA) is 46.9 Å². The van der Waals surface area contributed by atoms with Crippen LogP contribution in [-0.4, -0.2) is 21.7 Å². The molecule has 1 amide bonds. The van der Waals surface area contributed by atoms with Crippen LogP contribution in [0.4, 0.5) is 4.39 Å². The number of nitrogens with one attached hydrogen (secondary N) is 1. The van der Waals surface area contributed by atoms with E-state index in [-0.39, 0.29) is 23.7 Å². The van der Waals surface area contributed by atoms with Gasteiger partial charge in [-0.25, -0.2) is 4.39 Å². The summed E-state index contributed by atoms with van der Waals surface area (Å²) in [7, 11) is 0. The van der Waals surface area contributed by atoms with E-state index in [1.807, 2.05) is 38.4 Å². The van der Waals surface area contributed by atoms with Crippen LogP contribution < -0.4 is 5.32 Å². The van der Waals surface area contributed by atoms with Crippen LogP contribution >= 0.6 is 0 Å². The van der Waals surface area contributed by atoms with Gasteiger partial charge in [0, 0.05) is 17.7 Å². The number of halogens is 1. The Bertz CT molecular complexity index is 681. The third-order valence-electron chi connectivity index (χ3n) is 3.87. The number of rotatable bonds is 6. The zero-order valence-electron chi connectivity index (χ0n) is 14.1. The van der Waals surface area contributed by atoms with Crippen molar-refractivity contribution >= 4 is 5.91 Å². The van der Waals surface area contributed by atoms with Crippen molar-refractivity contribution in [3.05, 3.63) is 53.1 Å². The molecule has 2 rings (SSSR count). The van der Waals surface area contributed by atoms with Crippen LogP contribution in [0.2, 0.25) is 0 Å². The van der Waals surface area contributed by atoms with Gasteiger partial charge in [0.1, 0.15) is 5.82 Å². The monoisotopic (exact) mass is 317 g/mol. The Morgan fingerprint density at radius 2 is 2.00 bits per heavy atom. The standard InChI is InChI=1S/C18H24FN3O/c1-12(9-16-7-5-6-8-17(16)19)18(23)20-14(3)11-22-15(4)10-13(2)21-22/h5-8,10,12,14H,9,11H2,1-4H3,(H,20,23)/t12-,14-/m0/s1. The van der Waals surface area contributed by atoms with Gasteiger partial charge in [0.25, 0.3) is 0 Å². The summed E-state index contributed by atoms with van der Waals surface area (Å²) < 4.78 is 15.6. The SMILES string of the molecule is Cc1cc(C)n(C[C@H](C)NC(=O)[C@@H](C)Cc2ccccc2F)n1. The second-order valence-corrected chi connectivity index (χ2v) is 6.22. The smallest absolute Gasteiger partial charge is 0.223 e. The van der Waals surface area contributed by atoms with Gasteiger partial charge in [-0.2, -0.15) is 5.10 Å². The number of benzene rings is 1. The molecule has 23 heavy (non-hydrogen) atoms. The molecule has 0 fully saturated rings. The van der Waals surface area contributed by atoms with Gasteiger partial charge in [-0.15, -0.1) is 0 Å². The fraction of sp³-hybridized carbons (Fsp3) is 0.444. The molecule has 5 heteroatoms. The molecular formula is C18H24FN3O. The molecule has 0 aliphatic heterocycles. The van der Waals surface area contributed by atoms with Gasteiger partial charge in [0.2, 0.25) is 5.91 Å². The van der Waals surface area contributed by atoms with Crippen molar-refractivity contribution in [3.63, 3.8) is 0 Å². The highest BCUT2D eigenvalue weighted by Gasteiger charge is 2.18. The highest BCUT2D eigenvalue weighted by Crippen LogP contribution is 2.13. The van der Waals surface area contributed by atoms with Gasteiger partial charge in [0.05, 0.1) is 12.2 Å². The molecule has 2 atom stereocenters. The van der Waals surface area contributed by atoms with Crippen LogP contribution in [0.5, 0.6) is 0 Å². The number of carbonyl (C=O) groups excluding carboxylic acids is 1. The summed E-state index contributed by atoms with van der Waals surface area (Å²) >= 11 is 0. The fourth-order valence-electron chi connectivity index (χ4n) is 2.64. The first-order valence-corrected chi connectivity index (χ1v) is 7.91. The highest BCUT2D eigenvalue weighted by molar-refractivity contribution is 5.78. The highest BCUT2D eigenvalue weighted by atomic mass is 19.1. The van der Waals surface area contributed by atoms with Crippen molar-refractivity contribution < 1.29 is 9.18 Å². The number of aromatic nitrogens is 2. The van der Waals surface area contributed by atoms with Crippen molar-refractivity contribution in [1.29, 1.82) is 0 Å². The summed E-state index contributed by atoms with van der Waals surface area (Å²) in [5.41, 5.74) is 2.61. The summed E-state index contributed by atoms with van der Waals surface area (Å²) in [4.78, 5) is 12.3. The van der Waals surface area contributed by atoms with Gasteiger partial charge >= 0.3 is 0 Å². The van der Waals surface area contributed by atoms with E-state index in [0.29, 0.717) is 18.5 Å². The number of hydrogen-bond acceptors (Lipinski definition) is 2. The lowest BCUT2D eigenvalue weighted by molar-refractivity contribution is -0.125. The molecule has 0 spiro atoms. The first-order chi connectivity index (χ1) is 10.9. The third kappa shape index (κ3) is 4.65. The molecule has 1 aromatic heterocycles. The molecule has 4 nitrogen and oxygen atoms in total. The van der Waals surface area contributed by atoms with Crippen LogP contribution in [0.15, 0.2) is 30.3 Å². The van der Waals surface area contributed by atoms with Gasteiger partial charge in [-0.05, 0) is 44.9 Å². The van der Waals surface area contributed by atoms with E-state index >= 15 is 0 Å². The molecule has 1 heterocycles. The summed E-state index contributed by atoms with van der Waals surface area (Å²) in [6, 6.07) is 8.55. The summed E-state index contributed by atoms with van der Waals surface area (Å²) in [6.07, 6.45) is 0.394. The number of aryl methyl sites for hydroxylation is 2. The zero-order valence-corrected chi connectivity index (χ0v) is 14.1. The average molecular weight is 317 g/mol. The molecule has 0 aliphatic rings. The minimum absolute atomic E-state index is 0.0384. The Morgan fingerprint density at radius 1 is 1.30 bits per heavy atom. The van der Waals surface area contributed by atoms with E-state index < -0.39 is 0 Å². The average Bonchev–Trinajstić information content (AvgIpc) is 2.79. The van der Waals surface area contributed by atoms with Crippen LogP contribution in [0, 0.1) is 25.6 Å². The molecule has 2 aromatic rings. The minimum atomic E-state index is -0.283. The van der Waals surface area contributed by atoms with Crippen LogP contribution in [-0.2, 0) is 17.8 Å². The van der Waals surface area contributed by atoms with E-state index in [1.54, 1.807) is 18.2 Å². The van der Waals surface area contributed by atoms with E-state index in [2.05, 4.69) is 10.4 Å². The maximum atomic E-state index is 13.7. The van der Waals surface area contributed by atoms with Crippen molar-refractivity contribution in [1.82, 2.24) is 15.1 Å². The van der Waals surface area contributed by atoms with Crippen molar-refractivity contribution in [3.8, 4) is 0 Å². The second kappa shape index (κ2) is 7.40. The molecule has 124 valence electrons. The van der Waals surface area contributed by atoms with E-state index in [9.17, 15) is 9.18 Å². The minimum Gasteiger partial charge on any atom is -0.352 e. The lowest BCUT2D eigenvalue weighted by Gasteiger charge is -2.18. The van der Waals surface area contributed by atoms with Crippen molar-refractivity contribution in [2.75, 3.05) is 0 Å². The number of carbonyl (C=O) groups is 1. The molecular weight excluding hydrogens is 293 g/mol. The molecule has 0 saturated heterocycles. The van der Waals surface area contributed by atoms with E-state index in [0.717, 1.165) is 11.4 Å². The molecule has 0 saturated carbocycles. The molecule has 1 N–H and O–H groups in total. The first-order valence-electron chi connectivity index (χ1n) is 7.91. The van der Waals surface area contributed by atoms with Gasteiger partial charge in [0.15, 0.2) is 0 Å². The predicted octanol–water partition coefficient (Wildman–Crippen LogP) is 3.02. The quantitative estimate of drug-likeness (QED) is 0.890. The van der Waals surface area contributed by atoms with Gasteiger partial charge in [-0.3, -0.25) is 9.48 Å². The predicted molar refractivity (Wildman–Crippen MR) is 88.6 cm³/mol. The first kappa shape index (κ1) is 17.2. The van der Waals surface area contributed by atoms with Crippen LogP contribution in [0.1, 0.15) is 30.8 Å². The Hall–Kier alpha value is -2.17. The fourth-order valence-corrected chi connectivity index (χ4v) is 2.64. The molecule has 0 bridgehead atoms. The van der Waals surface area contributed by atoms with Gasteiger partial charge in [-0.1, -0.05) is 25.1 Å². The normalized spacial score (nSPS) is 13.6. The van der Waals surface area contributed by atoms with E-state index in [1.165, 1.54) is 6.07 Å². The number of amides is 1. The van der Waals surface area contributed by atoms with Crippen LogP contribution in [0.25, 0.3) is 0 Å². The molecule has 0 radical (unpaired) electrons. The maximum absolute atomic E-state index is 13.7. The van der Waals surface area contributed by atoms with Crippen molar-refractivity contribution in [2.24, 2.45) is 5.92 Å². The number of nitrogens with zero attached hydrogens (tertiary/aromatic N) is 2. The second-order valence-electron chi connectivity index (χ2n) is 6.22. The van der Waals surface area contributed by atoms with Crippen molar-refractivity contribution in [2.45, 2.75) is 46.7 Å². The molecule has 0 unspecified atom stereocenters. The Labute approximate surface area is 136 Å². The van der Waals surface area contributed by atoms with Gasteiger partial charge < -0.3 is 5.32 Å². The Kier molecular flexibility index (Phi) is 5.53. The Morgan fingerprint density at radius 3 is 2.61 bits per heavy atom. The van der Waals surface area contributed by atoms with Crippen LogP contribution in [0.3, 0.4) is 0 Å². The number of hydrogen-bond donors (Lipinski definition) is 1. The maximum Gasteiger partial charge on any atom is 0.223 e. The lowest BCUT2D eigenvalue weighted by Crippen LogP contribution is -2.39. The molecule has 1 aromatic carbocycles. The summed E-state index contributed by atoms with van der Waals surface area (Å²) in [5, 5.41) is 7.38.